The number of nitrogens with one attached hydrogen (secondary N) is 1. The molecule has 0 radical (unpaired) electrons. The first kappa shape index (κ1) is 19.3. The lowest BCUT2D eigenvalue weighted by Crippen LogP contribution is -2.30. The number of ether oxygens (including phenoxy) is 2. The highest BCUT2D eigenvalue weighted by molar-refractivity contribution is 9.10. The topological polar surface area (TPSA) is 64.6 Å². The fourth-order valence-corrected chi connectivity index (χ4v) is 2.78. The summed E-state index contributed by atoms with van der Waals surface area (Å²) in [5, 5.41) is 3.34. The summed E-state index contributed by atoms with van der Waals surface area (Å²) in [6.07, 6.45) is -0.512. The Bertz CT molecular complexity index is 764. The number of hydrogen-bond acceptors (Lipinski definition) is 4. The Kier molecular flexibility index (Phi) is 6.84. The van der Waals surface area contributed by atoms with Crippen molar-refractivity contribution in [3.63, 3.8) is 0 Å². The summed E-state index contributed by atoms with van der Waals surface area (Å²) in [5.74, 6) is -0.0737. The number of carbonyl (C=O) groups excluding carboxylic acids is 2. The predicted octanol–water partition coefficient (Wildman–Crippen LogP) is 4.22. The van der Waals surface area contributed by atoms with Gasteiger partial charge in [0.2, 0.25) is 0 Å². The number of anilines is 1. The third kappa shape index (κ3) is 5.76. The number of esters is 1. The molecule has 0 aromatic heterocycles. The minimum atomic E-state index is -0.702. The summed E-state index contributed by atoms with van der Waals surface area (Å²) >= 11 is 9.23. The van der Waals surface area contributed by atoms with Crippen molar-refractivity contribution in [3.8, 4) is 5.75 Å². The quantitative estimate of drug-likeness (QED) is 0.702. The fraction of sp³-hybridized carbons (Fsp3) is 0.222. The minimum absolute atomic E-state index is 0.189. The van der Waals surface area contributed by atoms with Crippen molar-refractivity contribution in [3.05, 3.63) is 57.5 Å². The van der Waals surface area contributed by atoms with Crippen LogP contribution >= 0.6 is 27.5 Å². The SMILES string of the molecule is COC(=O)Cc1ccc(NC(=O)C(C)Oc2ccc(Cl)cc2Br)cc1. The summed E-state index contributed by atoms with van der Waals surface area (Å²) in [6, 6.07) is 12.0. The van der Waals surface area contributed by atoms with E-state index in [0.29, 0.717) is 20.9 Å². The summed E-state index contributed by atoms with van der Waals surface area (Å²) in [7, 11) is 1.34. The molecule has 0 aliphatic carbocycles. The third-order valence-electron chi connectivity index (χ3n) is 3.36. The van der Waals surface area contributed by atoms with Crippen molar-refractivity contribution in [2.45, 2.75) is 19.4 Å². The molecule has 1 N–H and O–H groups in total. The second-order valence-corrected chi connectivity index (χ2v) is 6.56. The molecule has 1 amide bonds. The molecule has 0 spiro atoms. The van der Waals surface area contributed by atoms with E-state index in [-0.39, 0.29) is 18.3 Å². The van der Waals surface area contributed by atoms with E-state index in [1.165, 1.54) is 7.11 Å². The van der Waals surface area contributed by atoms with E-state index in [1.807, 2.05) is 0 Å². The Balaban J connectivity index is 1.95. The van der Waals surface area contributed by atoms with Crippen LogP contribution in [-0.2, 0) is 20.7 Å². The van der Waals surface area contributed by atoms with Gasteiger partial charge in [-0.2, -0.15) is 0 Å². The highest BCUT2D eigenvalue weighted by Gasteiger charge is 2.16. The number of benzene rings is 2. The highest BCUT2D eigenvalue weighted by atomic mass is 79.9. The molecule has 2 rings (SSSR count). The summed E-state index contributed by atoms with van der Waals surface area (Å²) in [6.45, 7) is 1.65. The van der Waals surface area contributed by atoms with Crippen molar-refractivity contribution in [1.82, 2.24) is 0 Å². The van der Waals surface area contributed by atoms with Crippen LogP contribution in [0.15, 0.2) is 46.9 Å². The molecule has 0 aliphatic heterocycles. The first-order valence-electron chi connectivity index (χ1n) is 7.47. The van der Waals surface area contributed by atoms with Gasteiger partial charge in [-0.1, -0.05) is 23.7 Å². The van der Waals surface area contributed by atoms with Crippen LogP contribution in [0.3, 0.4) is 0 Å². The van der Waals surface area contributed by atoms with E-state index in [9.17, 15) is 9.59 Å². The lowest BCUT2D eigenvalue weighted by atomic mass is 10.1. The van der Waals surface area contributed by atoms with Gasteiger partial charge in [0, 0.05) is 10.7 Å². The van der Waals surface area contributed by atoms with Crippen molar-refractivity contribution in [2.24, 2.45) is 0 Å². The van der Waals surface area contributed by atoms with Crippen LogP contribution in [0.25, 0.3) is 0 Å². The van der Waals surface area contributed by atoms with Gasteiger partial charge in [-0.15, -0.1) is 0 Å². The van der Waals surface area contributed by atoms with Gasteiger partial charge in [-0.05, 0) is 58.7 Å². The van der Waals surface area contributed by atoms with Crippen LogP contribution in [0.5, 0.6) is 5.75 Å². The number of carbonyl (C=O) groups is 2. The van der Waals surface area contributed by atoms with Gasteiger partial charge in [-0.3, -0.25) is 9.59 Å². The number of amides is 1. The van der Waals surface area contributed by atoms with E-state index in [1.54, 1.807) is 49.4 Å². The van der Waals surface area contributed by atoms with E-state index in [4.69, 9.17) is 16.3 Å². The standard InChI is InChI=1S/C18H17BrClNO4/c1-11(25-16-8-5-13(20)10-15(16)19)18(23)21-14-6-3-12(4-7-14)9-17(22)24-2/h3-8,10-11H,9H2,1-2H3,(H,21,23). The van der Waals surface area contributed by atoms with Crippen LogP contribution in [0.4, 0.5) is 5.69 Å². The average molecular weight is 427 g/mol. The van der Waals surface area contributed by atoms with Crippen molar-refractivity contribution >= 4 is 45.1 Å². The zero-order chi connectivity index (χ0) is 18.4. The van der Waals surface area contributed by atoms with Gasteiger partial charge in [0.15, 0.2) is 6.10 Å². The molecule has 0 saturated carbocycles. The number of rotatable bonds is 6. The number of hydrogen-bond donors (Lipinski definition) is 1. The Morgan fingerprint density at radius 1 is 1.20 bits per heavy atom. The van der Waals surface area contributed by atoms with E-state index >= 15 is 0 Å². The Morgan fingerprint density at radius 3 is 2.48 bits per heavy atom. The van der Waals surface area contributed by atoms with Gasteiger partial charge in [0.1, 0.15) is 5.75 Å². The van der Waals surface area contributed by atoms with Gasteiger partial charge in [-0.25, -0.2) is 0 Å². The number of halogens is 2. The largest absolute Gasteiger partial charge is 0.480 e. The van der Waals surface area contributed by atoms with Crippen molar-refractivity contribution in [1.29, 1.82) is 0 Å². The van der Waals surface area contributed by atoms with E-state index in [2.05, 4.69) is 26.0 Å². The second-order valence-electron chi connectivity index (χ2n) is 5.27. The molecule has 132 valence electrons. The summed E-state index contributed by atoms with van der Waals surface area (Å²) < 4.78 is 10.9. The average Bonchev–Trinajstić information content (AvgIpc) is 2.58. The lowest BCUT2D eigenvalue weighted by Gasteiger charge is -2.16. The summed E-state index contributed by atoms with van der Waals surface area (Å²) in [4.78, 5) is 23.5. The monoisotopic (exact) mass is 425 g/mol. The minimum Gasteiger partial charge on any atom is -0.480 e. The molecule has 25 heavy (non-hydrogen) atoms. The highest BCUT2D eigenvalue weighted by Crippen LogP contribution is 2.28. The van der Waals surface area contributed by atoms with Crippen molar-refractivity contribution in [2.75, 3.05) is 12.4 Å². The maximum atomic E-state index is 12.3. The van der Waals surface area contributed by atoms with Crippen LogP contribution in [0, 0.1) is 0 Å². The molecule has 0 fully saturated rings. The Hall–Kier alpha value is -2.05. The lowest BCUT2D eigenvalue weighted by molar-refractivity contribution is -0.139. The third-order valence-corrected chi connectivity index (χ3v) is 4.22. The molecule has 0 aliphatic rings. The summed E-state index contributed by atoms with van der Waals surface area (Å²) in [5.41, 5.74) is 1.42. The first-order valence-corrected chi connectivity index (χ1v) is 8.64. The first-order chi connectivity index (χ1) is 11.9. The van der Waals surface area contributed by atoms with E-state index in [0.717, 1.165) is 5.56 Å². The van der Waals surface area contributed by atoms with Crippen molar-refractivity contribution < 1.29 is 19.1 Å². The molecule has 5 nitrogen and oxygen atoms in total. The maximum absolute atomic E-state index is 12.3. The second kappa shape index (κ2) is 8.87. The molecule has 0 bridgehead atoms. The normalized spacial score (nSPS) is 11.5. The molecule has 0 saturated heterocycles. The predicted molar refractivity (Wildman–Crippen MR) is 100 cm³/mol. The molecule has 1 unspecified atom stereocenters. The van der Waals surface area contributed by atoms with Crippen LogP contribution in [-0.4, -0.2) is 25.1 Å². The van der Waals surface area contributed by atoms with Gasteiger partial charge in [0.25, 0.3) is 5.91 Å². The van der Waals surface area contributed by atoms with Gasteiger partial charge >= 0.3 is 5.97 Å². The number of methoxy groups -OCH3 is 1. The molecule has 2 aromatic carbocycles. The smallest absolute Gasteiger partial charge is 0.309 e. The fourth-order valence-electron chi connectivity index (χ4n) is 2.00. The van der Waals surface area contributed by atoms with Crippen LogP contribution < -0.4 is 10.1 Å². The molecular weight excluding hydrogens is 410 g/mol. The maximum Gasteiger partial charge on any atom is 0.309 e. The molecule has 1 atom stereocenters. The molecular formula is C18H17BrClNO4. The molecule has 7 heteroatoms. The van der Waals surface area contributed by atoms with Gasteiger partial charge in [0.05, 0.1) is 18.0 Å². The molecule has 2 aromatic rings. The zero-order valence-corrected chi connectivity index (χ0v) is 16.1. The van der Waals surface area contributed by atoms with Gasteiger partial charge < -0.3 is 14.8 Å². The van der Waals surface area contributed by atoms with Crippen LogP contribution in [0.1, 0.15) is 12.5 Å². The van der Waals surface area contributed by atoms with Crippen LogP contribution in [0.2, 0.25) is 5.02 Å². The zero-order valence-electron chi connectivity index (χ0n) is 13.7. The van der Waals surface area contributed by atoms with E-state index < -0.39 is 6.10 Å². The Morgan fingerprint density at radius 2 is 1.88 bits per heavy atom. The Labute approximate surface area is 159 Å². The molecule has 0 heterocycles.